The van der Waals surface area contributed by atoms with Crippen LogP contribution in [0.3, 0.4) is 0 Å². The van der Waals surface area contributed by atoms with Gasteiger partial charge in [-0.25, -0.2) is 4.90 Å². The van der Waals surface area contributed by atoms with Gasteiger partial charge in [0.2, 0.25) is 0 Å². The molecule has 8 heteroatoms. The second kappa shape index (κ2) is 15.9. The zero-order valence-corrected chi connectivity index (χ0v) is 24.7. The lowest BCUT2D eigenvalue weighted by molar-refractivity contribution is -0.137. The number of aliphatic carboxylic acids is 1. The summed E-state index contributed by atoms with van der Waals surface area (Å²) in [6, 6.07) is 26.2. The monoisotopic (exact) mass is 577 g/mol. The van der Waals surface area contributed by atoms with E-state index in [-0.39, 0.29) is 24.2 Å². The Balaban J connectivity index is 0.000000374. The van der Waals surface area contributed by atoms with E-state index in [2.05, 4.69) is 0 Å². The normalized spacial score (nSPS) is 13.8. The number of nitrogens with zero attached hydrogens (tertiary/aromatic N) is 1. The number of carbonyl (C=O) groups is 3. The minimum atomic E-state index is -0.713. The number of hydrogen-bond donors (Lipinski definition) is 1. The number of thioether (sulfide) groups is 2. The van der Waals surface area contributed by atoms with Crippen LogP contribution in [0.1, 0.15) is 46.5 Å². The van der Waals surface area contributed by atoms with Crippen molar-refractivity contribution >= 4 is 47.0 Å². The Kier molecular flexibility index (Phi) is 12.4. The molecule has 3 aromatic rings. The van der Waals surface area contributed by atoms with E-state index in [1.54, 1.807) is 24.3 Å². The lowest BCUT2D eigenvalue weighted by Crippen LogP contribution is -2.31. The van der Waals surface area contributed by atoms with Crippen LogP contribution < -0.4 is 9.64 Å². The lowest BCUT2D eigenvalue weighted by atomic mass is 10.1. The number of carboxylic acid groups (broad SMARTS) is 1. The van der Waals surface area contributed by atoms with Crippen molar-refractivity contribution in [2.75, 3.05) is 11.5 Å². The molecule has 0 aromatic heterocycles. The largest absolute Gasteiger partial charge is 0.494 e. The average Bonchev–Trinajstić information content (AvgIpc) is 3.80. The molecule has 6 nitrogen and oxygen atoms in total. The first-order valence-electron chi connectivity index (χ1n) is 13.3. The summed E-state index contributed by atoms with van der Waals surface area (Å²) in [4.78, 5) is 40.4. The maximum Gasteiger partial charge on any atom is 0.303 e. The number of rotatable bonds is 9. The van der Waals surface area contributed by atoms with Gasteiger partial charge < -0.3 is 9.84 Å². The first-order chi connectivity index (χ1) is 19.3. The molecule has 1 aliphatic carbocycles. The highest BCUT2D eigenvalue weighted by atomic mass is 32.2. The van der Waals surface area contributed by atoms with E-state index < -0.39 is 5.97 Å². The minimum Gasteiger partial charge on any atom is -0.494 e. The van der Waals surface area contributed by atoms with Crippen LogP contribution in [-0.2, 0) is 14.4 Å². The van der Waals surface area contributed by atoms with E-state index in [1.807, 2.05) is 81.4 Å². The van der Waals surface area contributed by atoms with Crippen molar-refractivity contribution in [1.82, 2.24) is 0 Å². The maximum atomic E-state index is 13.3. The molecule has 0 atom stereocenters. The van der Waals surface area contributed by atoms with Crippen LogP contribution in [0.5, 0.6) is 5.75 Å². The summed E-state index contributed by atoms with van der Waals surface area (Å²) < 4.78 is 5.47. The molecule has 1 aliphatic heterocycles. The fourth-order valence-corrected chi connectivity index (χ4v) is 5.35. The Morgan fingerprint density at radius 2 is 1.25 bits per heavy atom. The molecule has 1 N–H and O–H groups in total. The minimum absolute atomic E-state index is 0.275. The predicted octanol–water partition coefficient (Wildman–Crippen LogP) is 8.04. The molecule has 0 radical (unpaired) electrons. The fraction of sp³-hybridized carbons (Fsp3) is 0.281. The molecule has 1 heterocycles. The third-order valence-corrected chi connectivity index (χ3v) is 7.58. The Labute approximate surface area is 244 Å². The zero-order chi connectivity index (χ0) is 28.9. The first-order valence-corrected chi connectivity index (χ1v) is 15.0. The molecule has 2 aliphatic rings. The molecule has 40 heavy (non-hydrogen) atoms. The Morgan fingerprint density at radius 1 is 0.800 bits per heavy atom. The van der Waals surface area contributed by atoms with E-state index in [9.17, 15) is 14.4 Å². The topological polar surface area (TPSA) is 83.9 Å². The van der Waals surface area contributed by atoms with Gasteiger partial charge in [-0.3, -0.25) is 14.4 Å². The molecule has 0 bridgehead atoms. The Morgan fingerprint density at radius 3 is 1.57 bits per heavy atom. The highest BCUT2D eigenvalue weighted by molar-refractivity contribution is 8.08. The third kappa shape index (κ3) is 9.92. The van der Waals surface area contributed by atoms with E-state index in [1.165, 1.54) is 47.7 Å². The van der Waals surface area contributed by atoms with Gasteiger partial charge in [0.25, 0.3) is 11.8 Å². The molecular weight excluding hydrogens is 542 g/mol. The fourth-order valence-electron chi connectivity index (χ4n) is 3.32. The average molecular weight is 578 g/mol. The van der Waals surface area contributed by atoms with Gasteiger partial charge in [0.05, 0.1) is 22.1 Å². The number of carbonyl (C=O) groups excluding carboxylic acids is 2. The number of anilines is 1. The Bertz CT molecular complexity index is 1220. The molecule has 3 aromatic carbocycles. The summed E-state index contributed by atoms with van der Waals surface area (Å²) in [5.41, 5.74) is 0.531. The van der Waals surface area contributed by atoms with Gasteiger partial charge in [-0.15, -0.1) is 0 Å². The zero-order valence-electron chi connectivity index (χ0n) is 23.0. The van der Waals surface area contributed by atoms with Crippen molar-refractivity contribution in [3.8, 4) is 5.75 Å². The van der Waals surface area contributed by atoms with Gasteiger partial charge in [-0.1, -0.05) is 93.0 Å². The van der Waals surface area contributed by atoms with E-state index in [4.69, 9.17) is 9.84 Å². The van der Waals surface area contributed by atoms with Crippen molar-refractivity contribution in [3.63, 3.8) is 0 Å². The van der Waals surface area contributed by atoms with E-state index in [0.29, 0.717) is 27.9 Å². The first kappa shape index (κ1) is 31.0. The number of ether oxygens (including phenoxy) is 1. The number of hydrogen-bond acceptors (Lipinski definition) is 6. The van der Waals surface area contributed by atoms with Crippen LogP contribution in [0.15, 0.2) is 105 Å². The maximum absolute atomic E-state index is 13.3. The third-order valence-electron chi connectivity index (χ3n) is 5.27. The SMILES string of the molecule is C1CC1.CC(C)CC(=O)O.CCOc1ccc(N2C(=O)C(Sc3ccccc3)=C(Sc3ccccc3)C2=O)cc1. The van der Waals surface area contributed by atoms with Gasteiger partial charge in [-0.05, 0) is 61.4 Å². The smallest absolute Gasteiger partial charge is 0.303 e. The van der Waals surface area contributed by atoms with Gasteiger partial charge in [-0.2, -0.15) is 0 Å². The van der Waals surface area contributed by atoms with Crippen molar-refractivity contribution in [1.29, 1.82) is 0 Å². The highest BCUT2D eigenvalue weighted by Crippen LogP contribution is 2.43. The molecule has 210 valence electrons. The van der Waals surface area contributed by atoms with E-state index >= 15 is 0 Å². The van der Waals surface area contributed by atoms with Crippen molar-refractivity contribution in [2.24, 2.45) is 5.92 Å². The number of amides is 2. The summed E-state index contributed by atoms with van der Waals surface area (Å²) >= 11 is 2.64. The molecule has 1 saturated carbocycles. The summed E-state index contributed by atoms with van der Waals surface area (Å²) in [7, 11) is 0. The van der Waals surface area contributed by atoms with Gasteiger partial charge >= 0.3 is 5.97 Å². The van der Waals surface area contributed by atoms with Crippen LogP contribution in [0.2, 0.25) is 0 Å². The van der Waals surface area contributed by atoms with Crippen molar-refractivity contribution in [3.05, 3.63) is 94.7 Å². The Hall–Kier alpha value is -3.49. The molecule has 0 saturated heterocycles. The number of imide groups is 1. The van der Waals surface area contributed by atoms with Gasteiger partial charge in [0, 0.05) is 16.2 Å². The quantitative estimate of drug-likeness (QED) is 0.258. The molecule has 0 spiro atoms. The van der Waals surface area contributed by atoms with Crippen LogP contribution in [0.4, 0.5) is 5.69 Å². The molecular formula is C32H35NO5S2. The van der Waals surface area contributed by atoms with Crippen LogP contribution in [-0.4, -0.2) is 29.5 Å². The van der Waals surface area contributed by atoms with Crippen LogP contribution >= 0.6 is 23.5 Å². The number of benzene rings is 3. The standard InChI is InChI=1S/C24H19NO3S2.C5H10O2.C3H6/c1-2-28-18-15-13-17(14-16-18)25-23(26)21(29-19-9-5-3-6-10-19)22(24(25)27)30-20-11-7-4-8-12-20;1-4(2)3-5(6)7;1-2-3-1/h3-16H,2H2,1H3;4H,3H2,1-2H3,(H,6,7);1-3H2. The summed E-state index contributed by atoms with van der Waals surface area (Å²) in [6.45, 7) is 6.23. The second-order valence-corrected chi connectivity index (χ2v) is 11.6. The van der Waals surface area contributed by atoms with Crippen LogP contribution in [0, 0.1) is 5.92 Å². The predicted molar refractivity (Wildman–Crippen MR) is 163 cm³/mol. The second-order valence-electron chi connectivity index (χ2n) is 9.41. The molecule has 2 amide bonds. The van der Waals surface area contributed by atoms with Gasteiger partial charge in [0.15, 0.2) is 0 Å². The summed E-state index contributed by atoms with van der Waals surface area (Å²) in [6.07, 6.45) is 4.78. The molecule has 5 rings (SSSR count). The highest BCUT2D eigenvalue weighted by Gasteiger charge is 2.40. The van der Waals surface area contributed by atoms with Crippen LogP contribution in [0.25, 0.3) is 0 Å². The summed E-state index contributed by atoms with van der Waals surface area (Å²) in [5, 5.41) is 8.08. The lowest BCUT2D eigenvalue weighted by Gasteiger charge is -2.15. The molecule has 0 unspecified atom stereocenters. The van der Waals surface area contributed by atoms with Gasteiger partial charge in [0.1, 0.15) is 5.75 Å². The molecule has 1 fully saturated rings. The summed E-state index contributed by atoms with van der Waals surface area (Å²) in [5.74, 6) is -0.355. The van der Waals surface area contributed by atoms with Crippen molar-refractivity contribution < 1.29 is 24.2 Å². The number of carboxylic acids is 1. The van der Waals surface area contributed by atoms with E-state index in [0.717, 1.165) is 9.79 Å². The van der Waals surface area contributed by atoms with Crippen molar-refractivity contribution in [2.45, 2.75) is 56.2 Å².